The lowest BCUT2D eigenvalue weighted by Gasteiger charge is -2.39. The molecule has 2 aromatic carbocycles. The van der Waals surface area contributed by atoms with Crippen LogP contribution in [0.1, 0.15) is 41.4 Å². The van der Waals surface area contributed by atoms with Gasteiger partial charge in [0.25, 0.3) is 5.56 Å². The Morgan fingerprint density at radius 2 is 1.90 bits per heavy atom. The number of ether oxygens (including phenoxy) is 2. The van der Waals surface area contributed by atoms with Gasteiger partial charge in [0.2, 0.25) is 0 Å². The van der Waals surface area contributed by atoms with Gasteiger partial charge in [0.05, 0.1) is 25.3 Å². The van der Waals surface area contributed by atoms with Crippen molar-refractivity contribution >= 4 is 16.6 Å². The van der Waals surface area contributed by atoms with Crippen molar-refractivity contribution in [3.05, 3.63) is 75.3 Å². The lowest BCUT2D eigenvalue weighted by Crippen LogP contribution is -2.49. The summed E-state index contributed by atoms with van der Waals surface area (Å²) in [5.74, 6) is 1.52. The van der Waals surface area contributed by atoms with E-state index in [1.165, 1.54) is 0 Å². The van der Waals surface area contributed by atoms with Crippen molar-refractivity contribution in [3.8, 4) is 5.75 Å². The Bertz CT molecular complexity index is 1500. The van der Waals surface area contributed by atoms with Gasteiger partial charge in [-0.1, -0.05) is 11.6 Å². The minimum Gasteiger partial charge on any atom is -0.497 e. The number of pyridine rings is 1. The molecule has 2 atom stereocenters. The highest BCUT2D eigenvalue weighted by molar-refractivity contribution is 5.83. The Labute approximate surface area is 227 Å². The van der Waals surface area contributed by atoms with Crippen LogP contribution < -0.4 is 15.2 Å². The van der Waals surface area contributed by atoms with E-state index in [1.54, 1.807) is 7.11 Å². The van der Waals surface area contributed by atoms with Gasteiger partial charge in [-0.25, -0.2) is 4.68 Å². The molecule has 1 N–H and O–H groups in total. The molecule has 10 nitrogen and oxygen atoms in total. The largest absolute Gasteiger partial charge is 0.497 e. The first-order chi connectivity index (χ1) is 19.0. The highest BCUT2D eigenvalue weighted by atomic mass is 16.5. The number of hydrogen-bond acceptors (Lipinski definition) is 8. The molecule has 0 bridgehead atoms. The van der Waals surface area contributed by atoms with Gasteiger partial charge in [0, 0.05) is 44.0 Å². The second-order valence-corrected chi connectivity index (χ2v) is 10.6. The fraction of sp³-hybridized carbons (Fsp3) is 0.448. The predicted octanol–water partition coefficient (Wildman–Crippen LogP) is 3.23. The van der Waals surface area contributed by atoms with Crippen molar-refractivity contribution in [2.24, 2.45) is 0 Å². The molecule has 39 heavy (non-hydrogen) atoms. The van der Waals surface area contributed by atoms with Crippen molar-refractivity contribution in [1.29, 1.82) is 0 Å². The normalized spacial score (nSPS) is 19.1. The molecule has 2 aliphatic rings. The molecular weight excluding hydrogens is 494 g/mol. The van der Waals surface area contributed by atoms with Gasteiger partial charge in [-0.15, -0.1) is 5.10 Å². The second kappa shape index (κ2) is 10.8. The second-order valence-electron chi connectivity index (χ2n) is 10.6. The lowest BCUT2D eigenvalue weighted by molar-refractivity contribution is 0.0906. The minimum absolute atomic E-state index is 0.0833. The highest BCUT2D eigenvalue weighted by Gasteiger charge is 2.33. The van der Waals surface area contributed by atoms with Crippen LogP contribution in [-0.4, -0.2) is 76.1 Å². The summed E-state index contributed by atoms with van der Waals surface area (Å²) in [6.45, 7) is 8.61. The Morgan fingerprint density at radius 3 is 2.62 bits per heavy atom. The number of aromatic nitrogens is 5. The Morgan fingerprint density at radius 1 is 1.10 bits per heavy atom. The van der Waals surface area contributed by atoms with Gasteiger partial charge in [-0.3, -0.25) is 9.69 Å². The summed E-state index contributed by atoms with van der Waals surface area (Å²) in [6, 6.07) is 14.0. The van der Waals surface area contributed by atoms with Gasteiger partial charge >= 0.3 is 0 Å². The Kier molecular flexibility index (Phi) is 7.05. The summed E-state index contributed by atoms with van der Waals surface area (Å²) in [4.78, 5) is 21.5. The molecule has 0 unspecified atom stereocenters. The summed E-state index contributed by atoms with van der Waals surface area (Å²) in [6.07, 6.45) is 2.11. The van der Waals surface area contributed by atoms with E-state index in [0.29, 0.717) is 17.9 Å². The monoisotopic (exact) mass is 529 g/mol. The van der Waals surface area contributed by atoms with E-state index in [0.717, 1.165) is 79.1 Å². The summed E-state index contributed by atoms with van der Waals surface area (Å²) < 4.78 is 13.0. The number of hydrogen-bond donors (Lipinski definition) is 1. The molecule has 0 aliphatic carbocycles. The first-order valence-electron chi connectivity index (χ1n) is 13.6. The number of anilines is 1. The SMILES string of the molecule is COc1ccc(N2CCN([C@H](c3cc4cc(C)cc(C)c4[nH]c3=O)c3nnnn3C[C@H]3CCCO3)CC2)cc1. The molecule has 4 heterocycles. The third-order valence-electron chi connectivity index (χ3n) is 7.94. The number of aromatic amines is 1. The van der Waals surface area contributed by atoms with E-state index in [1.807, 2.05) is 29.8 Å². The van der Waals surface area contributed by atoms with Crippen molar-refractivity contribution in [3.63, 3.8) is 0 Å². The maximum Gasteiger partial charge on any atom is 0.253 e. The van der Waals surface area contributed by atoms with Gasteiger partial charge < -0.3 is 19.4 Å². The van der Waals surface area contributed by atoms with Crippen LogP contribution >= 0.6 is 0 Å². The van der Waals surface area contributed by atoms with E-state index in [-0.39, 0.29) is 17.7 Å². The maximum absolute atomic E-state index is 13.6. The van der Waals surface area contributed by atoms with Crippen LogP contribution in [0.4, 0.5) is 5.69 Å². The van der Waals surface area contributed by atoms with E-state index in [4.69, 9.17) is 9.47 Å². The standard InChI is InChI=1S/C29H35N7O3/c1-19-15-20(2)26-21(16-19)17-25(29(37)30-26)27(28-31-32-33-36(28)18-24-5-4-14-39-24)35-12-10-34(11-13-35)22-6-8-23(38-3)9-7-22/h6-9,15-17,24,27H,4-5,10-14,18H2,1-3H3,(H,30,37)/t24-,27-/m1/s1. The van der Waals surface area contributed by atoms with Crippen LogP contribution in [0, 0.1) is 13.8 Å². The number of aryl methyl sites for hydroxylation is 2. The number of piperazine rings is 1. The quantitative estimate of drug-likeness (QED) is 0.390. The molecule has 10 heteroatoms. The van der Waals surface area contributed by atoms with Crippen LogP contribution in [0.25, 0.3) is 10.9 Å². The number of nitrogens with one attached hydrogen (secondary N) is 1. The number of nitrogens with zero attached hydrogens (tertiary/aromatic N) is 6. The molecule has 0 spiro atoms. The number of fused-ring (bicyclic) bond motifs is 1. The number of tetrazole rings is 1. The third kappa shape index (κ3) is 5.14. The molecule has 2 fully saturated rings. The third-order valence-corrected chi connectivity index (χ3v) is 7.94. The first-order valence-corrected chi connectivity index (χ1v) is 13.6. The Balaban J connectivity index is 1.36. The summed E-state index contributed by atoms with van der Waals surface area (Å²) in [5, 5.41) is 13.9. The number of H-pyrrole nitrogens is 1. The van der Waals surface area contributed by atoms with Crippen LogP contribution in [0.3, 0.4) is 0 Å². The molecule has 0 radical (unpaired) electrons. The number of methoxy groups -OCH3 is 1. The molecule has 204 valence electrons. The van der Waals surface area contributed by atoms with E-state index in [9.17, 15) is 4.79 Å². The van der Waals surface area contributed by atoms with Crippen LogP contribution in [-0.2, 0) is 11.3 Å². The molecular formula is C29H35N7O3. The maximum atomic E-state index is 13.6. The zero-order valence-electron chi connectivity index (χ0n) is 22.8. The minimum atomic E-state index is -0.381. The number of benzene rings is 2. The summed E-state index contributed by atoms with van der Waals surface area (Å²) in [5.41, 5.74) is 4.80. The van der Waals surface area contributed by atoms with E-state index < -0.39 is 0 Å². The molecule has 0 saturated carbocycles. The topological polar surface area (TPSA) is 101 Å². The zero-order chi connectivity index (χ0) is 26.9. The fourth-order valence-electron chi connectivity index (χ4n) is 5.96. The van der Waals surface area contributed by atoms with E-state index in [2.05, 4.69) is 61.5 Å². The van der Waals surface area contributed by atoms with Gasteiger partial charge in [-0.2, -0.15) is 0 Å². The van der Waals surface area contributed by atoms with Crippen LogP contribution in [0.2, 0.25) is 0 Å². The summed E-state index contributed by atoms with van der Waals surface area (Å²) in [7, 11) is 1.68. The van der Waals surface area contributed by atoms with Crippen molar-refractivity contribution in [1.82, 2.24) is 30.1 Å². The Hall–Kier alpha value is -3.76. The average molecular weight is 530 g/mol. The van der Waals surface area contributed by atoms with Crippen molar-refractivity contribution < 1.29 is 9.47 Å². The molecule has 2 aliphatic heterocycles. The highest BCUT2D eigenvalue weighted by Crippen LogP contribution is 2.30. The molecule has 2 saturated heterocycles. The lowest BCUT2D eigenvalue weighted by atomic mass is 10.00. The van der Waals surface area contributed by atoms with Crippen molar-refractivity contribution in [2.45, 2.75) is 45.4 Å². The average Bonchev–Trinajstić information content (AvgIpc) is 3.63. The summed E-state index contributed by atoms with van der Waals surface area (Å²) >= 11 is 0. The molecule has 4 aromatic rings. The predicted molar refractivity (Wildman–Crippen MR) is 149 cm³/mol. The zero-order valence-corrected chi connectivity index (χ0v) is 22.8. The molecule has 2 aromatic heterocycles. The van der Waals surface area contributed by atoms with Gasteiger partial charge in [-0.05, 0) is 84.5 Å². The van der Waals surface area contributed by atoms with Crippen LogP contribution in [0.5, 0.6) is 5.75 Å². The molecule has 0 amide bonds. The smallest absolute Gasteiger partial charge is 0.253 e. The molecule has 6 rings (SSSR count). The number of rotatable bonds is 7. The van der Waals surface area contributed by atoms with E-state index >= 15 is 0 Å². The van der Waals surface area contributed by atoms with Crippen molar-refractivity contribution in [2.75, 3.05) is 44.8 Å². The van der Waals surface area contributed by atoms with Gasteiger partial charge in [0.15, 0.2) is 5.82 Å². The fourth-order valence-corrected chi connectivity index (χ4v) is 5.96. The first kappa shape index (κ1) is 25.5. The van der Waals surface area contributed by atoms with Crippen LogP contribution in [0.15, 0.2) is 47.3 Å². The van der Waals surface area contributed by atoms with Gasteiger partial charge in [0.1, 0.15) is 11.8 Å².